The average molecular weight is 308 g/mol. The summed E-state index contributed by atoms with van der Waals surface area (Å²) < 4.78 is 0. The van der Waals surface area contributed by atoms with Gasteiger partial charge in [-0.3, -0.25) is 9.69 Å². The number of benzene rings is 2. The van der Waals surface area contributed by atoms with E-state index in [9.17, 15) is 9.90 Å². The highest BCUT2D eigenvalue weighted by atomic mass is 16.7. The third kappa shape index (κ3) is 1.97. The van der Waals surface area contributed by atoms with Crippen molar-refractivity contribution in [1.82, 2.24) is 4.90 Å². The second kappa shape index (κ2) is 5.21. The smallest absolute Gasteiger partial charge is 0.257 e. The lowest BCUT2D eigenvalue weighted by Crippen LogP contribution is -2.45. The SMILES string of the molecule is O=C1c2ccccc2C2(CC(c3ccccc3)=NO2)N1CCO. The number of aliphatic hydroxyl groups excluding tert-OH is 1. The second-order valence-corrected chi connectivity index (χ2v) is 5.68. The first-order valence-corrected chi connectivity index (χ1v) is 7.59. The highest BCUT2D eigenvalue weighted by Crippen LogP contribution is 2.46. The largest absolute Gasteiger partial charge is 0.395 e. The molecule has 1 atom stereocenters. The molecule has 5 heteroatoms. The Morgan fingerprint density at radius 2 is 1.87 bits per heavy atom. The van der Waals surface area contributed by atoms with Crippen LogP contribution in [-0.2, 0) is 10.6 Å². The van der Waals surface area contributed by atoms with Gasteiger partial charge in [-0.05, 0) is 11.6 Å². The van der Waals surface area contributed by atoms with Crippen molar-refractivity contribution >= 4 is 11.6 Å². The van der Waals surface area contributed by atoms with Gasteiger partial charge in [-0.15, -0.1) is 0 Å². The topological polar surface area (TPSA) is 62.1 Å². The monoisotopic (exact) mass is 308 g/mol. The van der Waals surface area contributed by atoms with Crippen LogP contribution < -0.4 is 0 Å². The Labute approximate surface area is 133 Å². The van der Waals surface area contributed by atoms with Gasteiger partial charge in [0.15, 0.2) is 0 Å². The zero-order chi connectivity index (χ0) is 15.9. The van der Waals surface area contributed by atoms with Gasteiger partial charge in [-0.25, -0.2) is 0 Å². The quantitative estimate of drug-likeness (QED) is 0.944. The van der Waals surface area contributed by atoms with E-state index in [2.05, 4.69) is 5.16 Å². The van der Waals surface area contributed by atoms with E-state index >= 15 is 0 Å². The molecular formula is C18H16N2O3. The number of fused-ring (bicyclic) bond motifs is 2. The number of rotatable bonds is 3. The van der Waals surface area contributed by atoms with Crippen molar-refractivity contribution in [3.05, 3.63) is 71.3 Å². The molecule has 0 radical (unpaired) electrons. The van der Waals surface area contributed by atoms with Gasteiger partial charge in [0, 0.05) is 17.7 Å². The fraction of sp³-hybridized carbons (Fsp3) is 0.222. The molecule has 1 unspecified atom stereocenters. The minimum Gasteiger partial charge on any atom is -0.395 e. The lowest BCUT2D eigenvalue weighted by molar-refractivity contribution is -0.120. The standard InChI is InChI=1S/C18H16N2O3/c21-11-10-20-17(22)14-8-4-5-9-15(14)18(20)12-16(19-23-18)13-6-2-1-3-7-13/h1-9,21H,10-12H2. The van der Waals surface area contributed by atoms with Gasteiger partial charge >= 0.3 is 0 Å². The van der Waals surface area contributed by atoms with Gasteiger partial charge in [0.2, 0.25) is 5.72 Å². The van der Waals surface area contributed by atoms with E-state index in [1.54, 1.807) is 11.0 Å². The number of hydrogen-bond acceptors (Lipinski definition) is 4. The van der Waals surface area contributed by atoms with Crippen LogP contribution in [-0.4, -0.2) is 34.8 Å². The second-order valence-electron chi connectivity index (χ2n) is 5.68. The molecule has 0 saturated carbocycles. The summed E-state index contributed by atoms with van der Waals surface area (Å²) in [6.45, 7) is 0.0939. The molecule has 2 heterocycles. The number of carbonyl (C=O) groups excluding carboxylic acids is 1. The predicted octanol–water partition coefficient (Wildman–Crippen LogP) is 2.11. The maximum absolute atomic E-state index is 12.7. The van der Waals surface area contributed by atoms with Crippen LogP contribution >= 0.6 is 0 Å². The predicted molar refractivity (Wildman–Crippen MR) is 84.9 cm³/mol. The molecule has 0 fully saturated rings. The average Bonchev–Trinajstić information content (AvgIpc) is 3.14. The normalized spacial score (nSPS) is 22.2. The number of hydrogen-bond donors (Lipinski definition) is 1. The zero-order valence-corrected chi connectivity index (χ0v) is 12.5. The molecule has 0 aliphatic carbocycles. The van der Waals surface area contributed by atoms with Gasteiger partial charge in [0.25, 0.3) is 5.91 Å². The zero-order valence-electron chi connectivity index (χ0n) is 12.5. The Hall–Kier alpha value is -2.66. The minimum atomic E-state index is -0.943. The van der Waals surface area contributed by atoms with Gasteiger partial charge in [-0.2, -0.15) is 0 Å². The fourth-order valence-corrected chi connectivity index (χ4v) is 3.34. The van der Waals surface area contributed by atoms with Crippen molar-refractivity contribution in [3.63, 3.8) is 0 Å². The van der Waals surface area contributed by atoms with Crippen LogP contribution in [0.5, 0.6) is 0 Å². The van der Waals surface area contributed by atoms with Crippen molar-refractivity contribution in [2.45, 2.75) is 12.1 Å². The van der Waals surface area contributed by atoms with Crippen molar-refractivity contribution in [3.8, 4) is 0 Å². The maximum Gasteiger partial charge on any atom is 0.257 e. The number of amides is 1. The lowest BCUT2D eigenvalue weighted by Gasteiger charge is -2.32. The summed E-state index contributed by atoms with van der Waals surface area (Å²) in [5.74, 6) is -0.126. The van der Waals surface area contributed by atoms with Crippen molar-refractivity contribution in [2.75, 3.05) is 13.2 Å². The van der Waals surface area contributed by atoms with E-state index in [1.807, 2.05) is 48.5 Å². The third-order valence-corrected chi connectivity index (χ3v) is 4.40. The fourth-order valence-electron chi connectivity index (χ4n) is 3.34. The number of oxime groups is 1. The van der Waals surface area contributed by atoms with Crippen LogP contribution in [0.1, 0.15) is 27.9 Å². The Morgan fingerprint density at radius 1 is 1.13 bits per heavy atom. The van der Waals surface area contributed by atoms with Crippen LogP contribution in [0.25, 0.3) is 0 Å². The van der Waals surface area contributed by atoms with Crippen molar-refractivity contribution < 1.29 is 14.7 Å². The van der Waals surface area contributed by atoms with Gasteiger partial charge in [0.1, 0.15) is 0 Å². The van der Waals surface area contributed by atoms with Crippen LogP contribution in [0, 0.1) is 0 Å². The van der Waals surface area contributed by atoms with Gasteiger partial charge in [-0.1, -0.05) is 53.7 Å². The summed E-state index contributed by atoms with van der Waals surface area (Å²) in [7, 11) is 0. The summed E-state index contributed by atoms with van der Waals surface area (Å²) >= 11 is 0. The number of carbonyl (C=O) groups is 1. The Morgan fingerprint density at radius 3 is 2.65 bits per heavy atom. The summed E-state index contributed by atoms with van der Waals surface area (Å²) in [5.41, 5.74) is 2.27. The van der Waals surface area contributed by atoms with E-state index in [0.717, 1.165) is 16.8 Å². The van der Waals surface area contributed by atoms with E-state index < -0.39 is 5.72 Å². The first-order chi connectivity index (χ1) is 11.3. The van der Waals surface area contributed by atoms with Crippen LogP contribution in [0.3, 0.4) is 0 Å². The molecule has 5 nitrogen and oxygen atoms in total. The van der Waals surface area contributed by atoms with E-state index in [0.29, 0.717) is 12.0 Å². The molecule has 1 N–H and O–H groups in total. The molecule has 2 aliphatic heterocycles. The number of aliphatic hydroxyl groups is 1. The van der Waals surface area contributed by atoms with Crippen LogP contribution in [0.4, 0.5) is 0 Å². The van der Waals surface area contributed by atoms with Crippen LogP contribution in [0.15, 0.2) is 59.8 Å². The molecule has 2 aromatic carbocycles. The summed E-state index contributed by atoms with van der Waals surface area (Å²) in [6.07, 6.45) is 0.472. The number of nitrogens with zero attached hydrogens (tertiary/aromatic N) is 2. The summed E-state index contributed by atoms with van der Waals surface area (Å²) in [5, 5.41) is 13.6. The van der Waals surface area contributed by atoms with E-state index in [4.69, 9.17) is 4.84 Å². The molecule has 0 saturated heterocycles. The number of β-amino-alcohol motifs (C(OH)–C–C–N with tert-alkyl or cyclic N) is 1. The van der Waals surface area contributed by atoms with Crippen LogP contribution in [0.2, 0.25) is 0 Å². The third-order valence-electron chi connectivity index (χ3n) is 4.40. The Bertz CT molecular complexity index is 788. The molecule has 0 bridgehead atoms. The summed E-state index contributed by atoms with van der Waals surface area (Å²) in [4.78, 5) is 20.1. The maximum atomic E-state index is 12.7. The summed E-state index contributed by atoms with van der Waals surface area (Å²) in [6, 6.07) is 17.2. The molecule has 2 aliphatic rings. The Kier molecular flexibility index (Phi) is 3.16. The molecule has 1 spiro atoms. The molecule has 4 rings (SSSR count). The van der Waals surface area contributed by atoms with E-state index in [-0.39, 0.29) is 19.1 Å². The highest BCUT2D eigenvalue weighted by Gasteiger charge is 2.55. The van der Waals surface area contributed by atoms with Crippen molar-refractivity contribution in [1.29, 1.82) is 0 Å². The van der Waals surface area contributed by atoms with Gasteiger partial charge in [0.05, 0.1) is 18.7 Å². The molecule has 116 valence electrons. The molecule has 23 heavy (non-hydrogen) atoms. The Balaban J connectivity index is 1.76. The minimum absolute atomic E-state index is 0.120. The van der Waals surface area contributed by atoms with E-state index in [1.165, 1.54) is 0 Å². The lowest BCUT2D eigenvalue weighted by atomic mass is 9.94. The molecular weight excluding hydrogens is 292 g/mol. The molecule has 2 aromatic rings. The highest BCUT2D eigenvalue weighted by molar-refractivity contribution is 6.05. The van der Waals surface area contributed by atoms with Gasteiger partial charge < -0.3 is 9.94 Å². The molecule has 0 aromatic heterocycles. The first-order valence-electron chi connectivity index (χ1n) is 7.59. The molecule has 1 amide bonds. The first kappa shape index (κ1) is 14.0. The van der Waals surface area contributed by atoms with Crippen molar-refractivity contribution in [2.24, 2.45) is 5.16 Å².